The standard InChI is InChI=1S/C21H23N3O5S/c1-22-30(28,29)14-17-4-2-15(3-5-17)12-23-21(27)18-8-6-16(7-9-18)13-24-19(25)10-11-20(24)26/h2-9,22H,10-14H2,1H3,(H,23,27). The normalized spacial score (nSPS) is 14.2. The predicted octanol–water partition coefficient (Wildman–Crippen LogP) is 1.31. The molecule has 1 heterocycles. The third kappa shape index (κ3) is 5.52. The average molecular weight is 429 g/mol. The summed E-state index contributed by atoms with van der Waals surface area (Å²) in [7, 11) is -1.95. The molecule has 30 heavy (non-hydrogen) atoms. The van der Waals surface area contributed by atoms with Crippen LogP contribution in [0.2, 0.25) is 0 Å². The monoisotopic (exact) mass is 429 g/mol. The van der Waals surface area contributed by atoms with E-state index in [4.69, 9.17) is 0 Å². The first-order chi connectivity index (χ1) is 14.3. The quantitative estimate of drug-likeness (QED) is 0.615. The lowest BCUT2D eigenvalue weighted by Crippen LogP contribution is -2.28. The maximum atomic E-state index is 12.4. The molecule has 1 fully saturated rings. The number of hydrogen-bond acceptors (Lipinski definition) is 5. The molecule has 3 amide bonds. The van der Waals surface area contributed by atoms with Gasteiger partial charge in [-0.05, 0) is 35.9 Å². The highest BCUT2D eigenvalue weighted by Crippen LogP contribution is 2.16. The minimum atomic E-state index is -3.32. The molecule has 8 nitrogen and oxygen atoms in total. The van der Waals surface area contributed by atoms with Gasteiger partial charge in [-0.2, -0.15) is 0 Å². The van der Waals surface area contributed by atoms with E-state index in [0.717, 1.165) is 11.1 Å². The molecule has 0 aromatic heterocycles. The summed E-state index contributed by atoms with van der Waals surface area (Å²) in [5, 5.41) is 2.81. The van der Waals surface area contributed by atoms with Crippen molar-refractivity contribution in [1.29, 1.82) is 0 Å². The van der Waals surface area contributed by atoms with Crippen molar-refractivity contribution in [3.8, 4) is 0 Å². The Morgan fingerprint density at radius 2 is 1.43 bits per heavy atom. The Kier molecular flexibility index (Phi) is 6.63. The second-order valence-corrected chi connectivity index (χ2v) is 8.96. The molecule has 0 radical (unpaired) electrons. The smallest absolute Gasteiger partial charge is 0.251 e. The maximum Gasteiger partial charge on any atom is 0.251 e. The van der Waals surface area contributed by atoms with Gasteiger partial charge in [-0.25, -0.2) is 13.1 Å². The fourth-order valence-corrected chi connectivity index (χ4v) is 3.85. The van der Waals surface area contributed by atoms with Gasteiger partial charge in [-0.1, -0.05) is 36.4 Å². The maximum absolute atomic E-state index is 12.4. The molecule has 1 saturated heterocycles. The number of nitrogens with one attached hydrogen (secondary N) is 2. The van der Waals surface area contributed by atoms with Crippen LogP contribution in [0.4, 0.5) is 0 Å². The second-order valence-electron chi connectivity index (χ2n) is 7.03. The largest absolute Gasteiger partial charge is 0.348 e. The zero-order chi connectivity index (χ0) is 21.7. The number of amides is 3. The second kappa shape index (κ2) is 9.19. The number of rotatable bonds is 8. The minimum absolute atomic E-state index is 0.100. The molecule has 1 aliphatic rings. The number of carbonyl (C=O) groups excluding carboxylic acids is 3. The highest BCUT2D eigenvalue weighted by atomic mass is 32.2. The topological polar surface area (TPSA) is 113 Å². The van der Waals surface area contributed by atoms with Crippen molar-refractivity contribution in [2.75, 3.05) is 7.05 Å². The first-order valence-corrected chi connectivity index (χ1v) is 11.1. The molecule has 1 aliphatic heterocycles. The molecule has 0 unspecified atom stereocenters. The van der Waals surface area contributed by atoms with Crippen molar-refractivity contribution in [1.82, 2.24) is 14.9 Å². The van der Waals surface area contributed by atoms with Crippen LogP contribution in [0.25, 0.3) is 0 Å². The lowest BCUT2D eigenvalue weighted by molar-refractivity contribution is -0.139. The van der Waals surface area contributed by atoms with E-state index < -0.39 is 10.0 Å². The van der Waals surface area contributed by atoms with Gasteiger partial charge in [-0.15, -0.1) is 0 Å². The van der Waals surface area contributed by atoms with E-state index in [1.54, 1.807) is 48.5 Å². The van der Waals surface area contributed by atoms with E-state index in [2.05, 4.69) is 10.0 Å². The van der Waals surface area contributed by atoms with Crippen molar-refractivity contribution >= 4 is 27.7 Å². The first kappa shape index (κ1) is 21.7. The predicted molar refractivity (Wildman–Crippen MR) is 111 cm³/mol. The van der Waals surface area contributed by atoms with Crippen LogP contribution < -0.4 is 10.0 Å². The van der Waals surface area contributed by atoms with E-state index >= 15 is 0 Å². The van der Waals surface area contributed by atoms with Crippen LogP contribution >= 0.6 is 0 Å². The van der Waals surface area contributed by atoms with E-state index in [0.29, 0.717) is 17.7 Å². The lowest BCUT2D eigenvalue weighted by Gasteiger charge is -2.14. The van der Waals surface area contributed by atoms with E-state index in [9.17, 15) is 22.8 Å². The first-order valence-electron chi connectivity index (χ1n) is 9.47. The summed E-state index contributed by atoms with van der Waals surface area (Å²) < 4.78 is 25.4. The SMILES string of the molecule is CNS(=O)(=O)Cc1ccc(CNC(=O)c2ccc(CN3C(=O)CCC3=O)cc2)cc1. The Morgan fingerprint density at radius 3 is 2.00 bits per heavy atom. The number of sulfonamides is 1. The van der Waals surface area contributed by atoms with Crippen LogP contribution in [-0.4, -0.2) is 38.1 Å². The number of likely N-dealkylation sites (tertiary alicyclic amines) is 1. The summed E-state index contributed by atoms with van der Waals surface area (Å²) in [5.41, 5.74) is 2.75. The van der Waals surface area contributed by atoms with Crippen LogP contribution in [0.3, 0.4) is 0 Å². The Labute approximate surface area is 175 Å². The number of hydrogen-bond donors (Lipinski definition) is 2. The number of imide groups is 1. The molecule has 0 saturated carbocycles. The van der Waals surface area contributed by atoms with Gasteiger partial charge >= 0.3 is 0 Å². The molecule has 2 aromatic rings. The summed E-state index contributed by atoms with van der Waals surface area (Å²) in [6.45, 7) is 0.519. The van der Waals surface area contributed by atoms with Crippen molar-refractivity contribution in [2.45, 2.75) is 31.7 Å². The van der Waals surface area contributed by atoms with E-state index in [-0.39, 0.29) is 42.9 Å². The van der Waals surface area contributed by atoms with E-state index in [1.165, 1.54) is 11.9 Å². The number of benzene rings is 2. The molecule has 158 valence electrons. The average Bonchev–Trinajstić information content (AvgIpc) is 3.05. The highest BCUT2D eigenvalue weighted by molar-refractivity contribution is 7.88. The molecule has 2 aromatic carbocycles. The van der Waals surface area contributed by atoms with Crippen LogP contribution in [0, 0.1) is 0 Å². The van der Waals surface area contributed by atoms with Crippen molar-refractivity contribution in [3.05, 3.63) is 70.8 Å². The molecule has 0 atom stereocenters. The van der Waals surface area contributed by atoms with Gasteiger partial charge in [0, 0.05) is 24.9 Å². The van der Waals surface area contributed by atoms with Crippen LogP contribution in [-0.2, 0) is 38.5 Å². The Balaban J connectivity index is 1.53. The Bertz CT molecular complexity index is 1030. The van der Waals surface area contributed by atoms with Gasteiger partial charge in [0.05, 0.1) is 12.3 Å². The van der Waals surface area contributed by atoms with Gasteiger partial charge in [0.25, 0.3) is 5.91 Å². The lowest BCUT2D eigenvalue weighted by atomic mass is 10.1. The fraction of sp³-hybridized carbons (Fsp3) is 0.286. The van der Waals surface area contributed by atoms with Crippen molar-refractivity contribution in [3.63, 3.8) is 0 Å². The molecule has 0 spiro atoms. The van der Waals surface area contributed by atoms with Gasteiger partial charge in [0.15, 0.2) is 0 Å². The van der Waals surface area contributed by atoms with Crippen molar-refractivity contribution < 1.29 is 22.8 Å². The Morgan fingerprint density at radius 1 is 0.900 bits per heavy atom. The zero-order valence-electron chi connectivity index (χ0n) is 16.6. The molecule has 9 heteroatoms. The third-order valence-electron chi connectivity index (χ3n) is 4.86. The summed E-state index contributed by atoms with van der Waals surface area (Å²) in [5.74, 6) is -0.693. The molecule has 3 rings (SSSR count). The van der Waals surface area contributed by atoms with Gasteiger partial charge < -0.3 is 5.32 Å². The van der Waals surface area contributed by atoms with Gasteiger partial charge in [0.2, 0.25) is 21.8 Å². The van der Waals surface area contributed by atoms with Crippen LogP contribution in [0.1, 0.15) is 39.9 Å². The summed E-state index contributed by atoms with van der Waals surface area (Å²) in [6.07, 6.45) is 0.511. The molecular formula is C21H23N3O5S. The fourth-order valence-electron chi connectivity index (χ4n) is 3.07. The Hall–Kier alpha value is -3.04. The minimum Gasteiger partial charge on any atom is -0.348 e. The third-order valence-corrected chi connectivity index (χ3v) is 6.19. The summed E-state index contributed by atoms with van der Waals surface area (Å²) in [4.78, 5) is 37.0. The highest BCUT2D eigenvalue weighted by Gasteiger charge is 2.28. The molecule has 0 bridgehead atoms. The summed E-state index contributed by atoms with van der Waals surface area (Å²) in [6, 6.07) is 13.7. The van der Waals surface area contributed by atoms with Crippen LogP contribution in [0.5, 0.6) is 0 Å². The number of carbonyl (C=O) groups is 3. The summed E-state index contributed by atoms with van der Waals surface area (Å²) >= 11 is 0. The van der Waals surface area contributed by atoms with E-state index in [1.807, 2.05) is 0 Å². The number of nitrogens with zero attached hydrogens (tertiary/aromatic N) is 1. The zero-order valence-corrected chi connectivity index (χ0v) is 17.4. The molecular weight excluding hydrogens is 406 g/mol. The molecule has 2 N–H and O–H groups in total. The molecule has 0 aliphatic carbocycles. The van der Waals surface area contributed by atoms with Crippen molar-refractivity contribution in [2.24, 2.45) is 0 Å². The van der Waals surface area contributed by atoms with Gasteiger partial charge in [0.1, 0.15) is 0 Å². The van der Waals surface area contributed by atoms with Crippen LogP contribution in [0.15, 0.2) is 48.5 Å². The van der Waals surface area contributed by atoms with Gasteiger partial charge in [-0.3, -0.25) is 19.3 Å².